The molecule has 0 atom stereocenters. The van der Waals surface area contributed by atoms with Crippen molar-refractivity contribution in [2.75, 3.05) is 0 Å². The highest BCUT2D eigenvalue weighted by atomic mass is 13.7. The summed E-state index contributed by atoms with van der Waals surface area (Å²) in [6.07, 6.45) is 6.34. The maximum Gasteiger partial charge on any atom is -0.0377 e. The highest BCUT2D eigenvalue weighted by Gasteiger charge is 1.67. The first-order valence-electron chi connectivity index (χ1n) is 3.93. The van der Waals surface area contributed by atoms with Gasteiger partial charge in [-0.05, 0) is 26.7 Å². The van der Waals surface area contributed by atoms with Crippen molar-refractivity contribution in [1.82, 2.24) is 0 Å². The largest absolute Gasteiger partial charge is 0.103 e. The van der Waals surface area contributed by atoms with Crippen molar-refractivity contribution >= 4 is 0 Å². The monoisotopic (exact) mass is 140 g/mol. The first kappa shape index (κ1) is 12.2. The van der Waals surface area contributed by atoms with Crippen LogP contribution in [0.25, 0.3) is 0 Å². The second-order valence-electron chi connectivity index (χ2n) is 2.39. The van der Waals surface area contributed by atoms with Crippen LogP contribution in [0.3, 0.4) is 0 Å². The van der Waals surface area contributed by atoms with Crippen LogP contribution in [0.1, 0.15) is 40.5 Å². The van der Waals surface area contributed by atoms with Crippen molar-refractivity contribution in [3.63, 3.8) is 0 Å². The molecule has 0 unspecified atom stereocenters. The summed E-state index contributed by atoms with van der Waals surface area (Å²) in [5, 5.41) is 0. The van der Waals surface area contributed by atoms with Crippen LogP contribution in [-0.4, -0.2) is 0 Å². The zero-order valence-electron chi connectivity index (χ0n) is 7.78. The van der Waals surface area contributed by atoms with E-state index in [1.54, 1.807) is 0 Å². The molecule has 0 rings (SSSR count). The third-order valence-electron chi connectivity index (χ3n) is 0.901. The molecule has 0 aliphatic heterocycles. The van der Waals surface area contributed by atoms with E-state index in [4.69, 9.17) is 0 Å². The van der Waals surface area contributed by atoms with Crippen LogP contribution in [-0.2, 0) is 0 Å². The molecule has 0 aliphatic carbocycles. The first-order valence-corrected chi connectivity index (χ1v) is 3.93. The smallest absolute Gasteiger partial charge is 0.0377 e. The van der Waals surface area contributed by atoms with Gasteiger partial charge in [-0.25, -0.2) is 0 Å². The van der Waals surface area contributed by atoms with Gasteiger partial charge in [0.05, 0.1) is 0 Å². The van der Waals surface area contributed by atoms with E-state index in [9.17, 15) is 0 Å². The fourth-order valence-corrected chi connectivity index (χ4v) is 0.408. The zero-order valence-corrected chi connectivity index (χ0v) is 7.78. The van der Waals surface area contributed by atoms with Crippen molar-refractivity contribution in [1.29, 1.82) is 0 Å². The second-order valence-corrected chi connectivity index (χ2v) is 2.39. The predicted octanol–water partition coefficient (Wildman–Crippen LogP) is 3.95. The molecule has 0 saturated heterocycles. The minimum absolute atomic E-state index is 1.08. The van der Waals surface area contributed by atoms with Gasteiger partial charge in [0.15, 0.2) is 0 Å². The molecule has 0 saturated carbocycles. The molecular formula is C10H20. The summed E-state index contributed by atoms with van der Waals surface area (Å²) in [4.78, 5) is 0. The van der Waals surface area contributed by atoms with Crippen LogP contribution in [0.15, 0.2) is 24.3 Å². The Hall–Kier alpha value is -0.520. The first-order chi connectivity index (χ1) is 4.68. The van der Waals surface area contributed by atoms with E-state index >= 15 is 0 Å². The maximum atomic E-state index is 3.48. The van der Waals surface area contributed by atoms with Crippen LogP contribution < -0.4 is 0 Å². The molecular weight excluding hydrogens is 120 g/mol. The minimum Gasteiger partial charge on any atom is -0.103 e. The fraction of sp³-hybridized carbons (Fsp3) is 0.600. The van der Waals surface area contributed by atoms with Gasteiger partial charge in [0.25, 0.3) is 0 Å². The third-order valence-corrected chi connectivity index (χ3v) is 0.901. The molecule has 0 bridgehead atoms. The Kier molecular flexibility index (Phi) is 13.8. The van der Waals surface area contributed by atoms with Crippen molar-refractivity contribution in [2.24, 2.45) is 0 Å². The van der Waals surface area contributed by atoms with Gasteiger partial charge in [-0.1, -0.05) is 31.6 Å². The van der Waals surface area contributed by atoms with Crippen LogP contribution >= 0.6 is 0 Å². The van der Waals surface area contributed by atoms with E-state index < -0.39 is 0 Å². The third kappa shape index (κ3) is 25.9. The number of hydrogen-bond acceptors (Lipinski definition) is 0. The quantitative estimate of drug-likeness (QED) is 0.509. The van der Waals surface area contributed by atoms with Gasteiger partial charge in [-0.15, -0.1) is 6.58 Å². The summed E-state index contributed by atoms with van der Waals surface area (Å²) in [5.74, 6) is 0. The summed E-state index contributed by atoms with van der Waals surface area (Å²) in [6.45, 7) is 11.9. The van der Waals surface area contributed by atoms with Gasteiger partial charge >= 0.3 is 0 Å². The molecule has 10 heavy (non-hydrogen) atoms. The standard InChI is InChI=1S/C6H12.C4H8/c1-4-5-6(2)3;1-3-4-2/h5H,4H2,1-3H3;3H,1,4H2,2H3. The van der Waals surface area contributed by atoms with Crippen molar-refractivity contribution < 1.29 is 0 Å². The van der Waals surface area contributed by atoms with E-state index in [-0.39, 0.29) is 0 Å². The fourth-order valence-electron chi connectivity index (χ4n) is 0.408. The lowest BCUT2D eigenvalue weighted by atomic mass is 10.3. The minimum atomic E-state index is 1.08. The van der Waals surface area contributed by atoms with Crippen LogP contribution in [0.4, 0.5) is 0 Å². The molecule has 0 N–H and O–H groups in total. The molecule has 0 amide bonds. The number of rotatable bonds is 2. The molecule has 0 aromatic carbocycles. The lowest BCUT2D eigenvalue weighted by Gasteiger charge is -1.80. The lowest BCUT2D eigenvalue weighted by Crippen LogP contribution is -1.58. The predicted molar refractivity (Wildman–Crippen MR) is 50.2 cm³/mol. The van der Waals surface area contributed by atoms with Gasteiger partial charge in [0.1, 0.15) is 0 Å². The zero-order chi connectivity index (χ0) is 8.41. The van der Waals surface area contributed by atoms with E-state index in [1.165, 1.54) is 12.0 Å². The normalized spacial score (nSPS) is 7.20. The van der Waals surface area contributed by atoms with E-state index in [0.717, 1.165) is 6.42 Å². The van der Waals surface area contributed by atoms with Gasteiger partial charge in [0.2, 0.25) is 0 Å². The molecule has 0 aromatic rings. The number of allylic oxidation sites excluding steroid dienone is 3. The van der Waals surface area contributed by atoms with Gasteiger partial charge in [-0.2, -0.15) is 0 Å². The van der Waals surface area contributed by atoms with E-state index in [1.807, 2.05) is 6.08 Å². The van der Waals surface area contributed by atoms with E-state index in [2.05, 4.69) is 40.3 Å². The highest BCUT2D eigenvalue weighted by Crippen LogP contribution is 1.89. The average molecular weight is 140 g/mol. The van der Waals surface area contributed by atoms with Crippen LogP contribution in [0.2, 0.25) is 0 Å². The maximum absolute atomic E-state index is 3.48. The summed E-state index contributed by atoms with van der Waals surface area (Å²) >= 11 is 0. The Morgan fingerprint density at radius 3 is 1.60 bits per heavy atom. The van der Waals surface area contributed by atoms with Crippen molar-refractivity contribution in [3.05, 3.63) is 24.3 Å². The Labute approximate surface area is 65.7 Å². The summed E-state index contributed by atoms with van der Waals surface area (Å²) in [5.41, 5.74) is 1.41. The highest BCUT2D eigenvalue weighted by molar-refractivity contribution is 4.91. The lowest BCUT2D eigenvalue weighted by molar-refractivity contribution is 1.18. The van der Waals surface area contributed by atoms with E-state index in [0.29, 0.717) is 0 Å². The molecule has 0 fully saturated rings. The summed E-state index contributed by atoms with van der Waals surface area (Å²) in [6, 6.07) is 0. The molecule has 60 valence electrons. The molecule has 0 heterocycles. The molecule has 0 aromatic heterocycles. The molecule has 0 nitrogen and oxygen atoms in total. The summed E-state index contributed by atoms with van der Waals surface area (Å²) in [7, 11) is 0. The second kappa shape index (κ2) is 11.3. The van der Waals surface area contributed by atoms with Crippen LogP contribution in [0, 0.1) is 0 Å². The number of hydrogen-bond donors (Lipinski definition) is 0. The SMILES string of the molecule is C=CCC.CCC=C(C)C. The van der Waals surface area contributed by atoms with Crippen molar-refractivity contribution in [2.45, 2.75) is 40.5 Å². The topological polar surface area (TPSA) is 0 Å². The summed E-state index contributed by atoms with van der Waals surface area (Å²) < 4.78 is 0. The van der Waals surface area contributed by atoms with Crippen molar-refractivity contribution in [3.8, 4) is 0 Å². The molecule has 0 spiro atoms. The Morgan fingerprint density at radius 1 is 1.20 bits per heavy atom. The molecule has 0 radical (unpaired) electrons. The average Bonchev–Trinajstić information content (AvgIpc) is 1.89. The van der Waals surface area contributed by atoms with Gasteiger partial charge < -0.3 is 0 Å². The Morgan fingerprint density at radius 2 is 1.60 bits per heavy atom. The molecule has 0 heteroatoms. The molecule has 0 aliphatic rings. The Bertz CT molecular complexity index is 84.2. The van der Waals surface area contributed by atoms with Crippen LogP contribution in [0.5, 0.6) is 0 Å². The Balaban J connectivity index is 0. The van der Waals surface area contributed by atoms with Gasteiger partial charge in [-0.3, -0.25) is 0 Å². The van der Waals surface area contributed by atoms with Gasteiger partial charge in [0, 0.05) is 0 Å².